The normalized spacial score (nSPS) is 15.8. The number of benzene rings is 1. The molecule has 3 aromatic rings. The molecular weight excluding hydrogens is 356 g/mol. The number of aromatic amines is 1. The van der Waals surface area contributed by atoms with Gasteiger partial charge in [0.15, 0.2) is 0 Å². The molecule has 0 radical (unpaired) electrons. The number of hydrogen-bond acceptors (Lipinski definition) is 5. The lowest BCUT2D eigenvalue weighted by Crippen LogP contribution is -2.45. The molecule has 0 saturated carbocycles. The van der Waals surface area contributed by atoms with Crippen molar-refractivity contribution in [3.63, 3.8) is 0 Å². The molecule has 3 heterocycles. The van der Waals surface area contributed by atoms with E-state index in [1.807, 2.05) is 30.3 Å². The SMILES string of the molecule is CN1CCN(CCOc2ccc(-c3cnc4[nH]cc(C(=O)O)c4c3)cc2)CC1. The number of ether oxygens (including phenoxy) is 1. The minimum absolute atomic E-state index is 0.230. The number of nitrogens with one attached hydrogen (secondary N) is 1. The molecule has 0 aliphatic carbocycles. The second kappa shape index (κ2) is 8.00. The zero-order valence-electron chi connectivity index (χ0n) is 15.9. The van der Waals surface area contributed by atoms with E-state index in [9.17, 15) is 9.90 Å². The van der Waals surface area contributed by atoms with Gasteiger partial charge in [0.2, 0.25) is 0 Å². The lowest BCUT2D eigenvalue weighted by atomic mass is 10.1. The van der Waals surface area contributed by atoms with Gasteiger partial charge < -0.3 is 19.7 Å². The van der Waals surface area contributed by atoms with Crippen LogP contribution in [0.3, 0.4) is 0 Å². The van der Waals surface area contributed by atoms with Crippen molar-refractivity contribution in [1.82, 2.24) is 19.8 Å². The molecule has 7 heteroatoms. The Morgan fingerprint density at radius 2 is 1.93 bits per heavy atom. The van der Waals surface area contributed by atoms with Gasteiger partial charge in [-0.1, -0.05) is 12.1 Å². The molecule has 0 spiro atoms. The second-order valence-electron chi connectivity index (χ2n) is 7.15. The number of likely N-dealkylation sites (N-methyl/N-ethyl adjacent to an activating group) is 1. The summed E-state index contributed by atoms with van der Waals surface area (Å²) in [5, 5.41) is 9.90. The summed E-state index contributed by atoms with van der Waals surface area (Å²) >= 11 is 0. The Morgan fingerprint density at radius 3 is 2.64 bits per heavy atom. The van der Waals surface area contributed by atoms with Gasteiger partial charge >= 0.3 is 5.97 Å². The highest BCUT2D eigenvalue weighted by atomic mass is 16.5. The molecule has 28 heavy (non-hydrogen) atoms. The first-order chi connectivity index (χ1) is 13.6. The fourth-order valence-corrected chi connectivity index (χ4v) is 3.45. The topological polar surface area (TPSA) is 81.7 Å². The van der Waals surface area contributed by atoms with Crippen molar-refractivity contribution >= 4 is 17.0 Å². The lowest BCUT2D eigenvalue weighted by molar-refractivity contribution is 0.0699. The molecule has 1 saturated heterocycles. The Balaban J connectivity index is 1.39. The van der Waals surface area contributed by atoms with Crippen LogP contribution in [0, 0.1) is 0 Å². The smallest absolute Gasteiger partial charge is 0.337 e. The van der Waals surface area contributed by atoms with Gasteiger partial charge in [-0.3, -0.25) is 4.90 Å². The fourth-order valence-electron chi connectivity index (χ4n) is 3.45. The number of H-pyrrole nitrogens is 1. The number of pyridine rings is 1. The van der Waals surface area contributed by atoms with Crippen molar-refractivity contribution in [3.05, 3.63) is 48.3 Å². The van der Waals surface area contributed by atoms with Gasteiger partial charge in [0.05, 0.1) is 5.56 Å². The number of hydrogen-bond donors (Lipinski definition) is 2. The van der Waals surface area contributed by atoms with Gasteiger partial charge in [-0.2, -0.15) is 0 Å². The third-order valence-electron chi connectivity index (χ3n) is 5.22. The predicted molar refractivity (Wildman–Crippen MR) is 108 cm³/mol. The van der Waals surface area contributed by atoms with Crippen LogP contribution in [0.4, 0.5) is 0 Å². The van der Waals surface area contributed by atoms with Gasteiger partial charge in [0, 0.05) is 56.1 Å². The lowest BCUT2D eigenvalue weighted by Gasteiger charge is -2.32. The molecule has 146 valence electrons. The molecule has 2 aromatic heterocycles. The van der Waals surface area contributed by atoms with E-state index in [1.165, 1.54) is 6.20 Å². The summed E-state index contributed by atoms with van der Waals surface area (Å²) in [6.45, 7) is 6.00. The van der Waals surface area contributed by atoms with Crippen molar-refractivity contribution < 1.29 is 14.6 Å². The molecule has 1 fully saturated rings. The number of rotatable bonds is 6. The highest BCUT2D eigenvalue weighted by Crippen LogP contribution is 2.26. The van der Waals surface area contributed by atoms with E-state index >= 15 is 0 Å². The second-order valence-corrected chi connectivity index (χ2v) is 7.15. The Hall–Kier alpha value is -2.90. The number of carbonyl (C=O) groups is 1. The van der Waals surface area contributed by atoms with Gasteiger partial charge in [0.1, 0.15) is 18.0 Å². The number of nitrogens with zero attached hydrogens (tertiary/aromatic N) is 3. The maximum absolute atomic E-state index is 11.3. The van der Waals surface area contributed by atoms with Gasteiger partial charge in [-0.15, -0.1) is 0 Å². The molecule has 1 aromatic carbocycles. The summed E-state index contributed by atoms with van der Waals surface area (Å²) in [4.78, 5) is 23.3. The third-order valence-corrected chi connectivity index (χ3v) is 5.22. The first-order valence-electron chi connectivity index (χ1n) is 9.45. The monoisotopic (exact) mass is 380 g/mol. The summed E-state index contributed by atoms with van der Waals surface area (Å²) in [6, 6.07) is 9.69. The van der Waals surface area contributed by atoms with Crippen LogP contribution < -0.4 is 4.74 Å². The standard InChI is InChI=1S/C21H24N4O3/c1-24-6-8-25(9-7-24)10-11-28-17-4-2-15(3-5-17)16-12-18-19(21(26)27)14-23-20(18)22-13-16/h2-5,12-14H,6-11H2,1H3,(H,22,23)(H,26,27). The fraction of sp³-hybridized carbons (Fsp3) is 0.333. The van der Waals surface area contributed by atoms with E-state index in [1.54, 1.807) is 6.20 Å². The van der Waals surface area contributed by atoms with E-state index in [-0.39, 0.29) is 5.56 Å². The maximum atomic E-state index is 11.3. The molecule has 0 bridgehead atoms. The maximum Gasteiger partial charge on any atom is 0.337 e. The van der Waals surface area contributed by atoms with Crippen LogP contribution in [0.15, 0.2) is 42.7 Å². The molecular formula is C21H24N4O3. The summed E-state index contributed by atoms with van der Waals surface area (Å²) in [5.74, 6) is -0.130. The summed E-state index contributed by atoms with van der Waals surface area (Å²) in [7, 11) is 2.15. The molecule has 7 nitrogen and oxygen atoms in total. The first kappa shape index (κ1) is 18.5. The molecule has 4 rings (SSSR count). The number of piperazine rings is 1. The predicted octanol–water partition coefficient (Wildman–Crippen LogP) is 2.55. The first-order valence-corrected chi connectivity index (χ1v) is 9.45. The minimum Gasteiger partial charge on any atom is -0.492 e. The Labute approximate surface area is 163 Å². The van der Waals surface area contributed by atoms with Crippen LogP contribution in [0.25, 0.3) is 22.2 Å². The highest BCUT2D eigenvalue weighted by molar-refractivity contribution is 6.03. The highest BCUT2D eigenvalue weighted by Gasteiger charge is 2.14. The van der Waals surface area contributed by atoms with Crippen LogP contribution in [-0.2, 0) is 0 Å². The van der Waals surface area contributed by atoms with Crippen LogP contribution in [-0.4, -0.2) is 77.2 Å². The van der Waals surface area contributed by atoms with E-state index in [2.05, 4.69) is 26.8 Å². The molecule has 1 aliphatic heterocycles. The van der Waals surface area contributed by atoms with Crippen molar-refractivity contribution in [2.75, 3.05) is 46.4 Å². The molecule has 0 unspecified atom stereocenters. The Bertz CT molecular complexity index is 959. The largest absolute Gasteiger partial charge is 0.492 e. The van der Waals surface area contributed by atoms with Crippen molar-refractivity contribution in [1.29, 1.82) is 0 Å². The summed E-state index contributed by atoms with van der Waals surface area (Å²) < 4.78 is 5.88. The number of fused-ring (bicyclic) bond motifs is 1. The third kappa shape index (κ3) is 4.00. The molecule has 0 atom stereocenters. The van der Waals surface area contributed by atoms with Crippen molar-refractivity contribution in [2.45, 2.75) is 0 Å². The van der Waals surface area contributed by atoms with E-state index < -0.39 is 5.97 Å². The van der Waals surface area contributed by atoms with Gasteiger partial charge in [-0.05, 0) is 30.8 Å². The Kier molecular flexibility index (Phi) is 5.27. The quantitative estimate of drug-likeness (QED) is 0.684. The van der Waals surface area contributed by atoms with Gasteiger partial charge in [-0.25, -0.2) is 9.78 Å². The number of aromatic carboxylic acids is 1. The summed E-state index contributed by atoms with van der Waals surface area (Å²) in [6.07, 6.45) is 3.22. The molecule has 2 N–H and O–H groups in total. The summed E-state index contributed by atoms with van der Waals surface area (Å²) in [5.41, 5.74) is 2.65. The van der Waals surface area contributed by atoms with Crippen molar-refractivity contribution in [3.8, 4) is 16.9 Å². The zero-order chi connectivity index (χ0) is 19.5. The number of carboxylic acid groups (broad SMARTS) is 1. The Morgan fingerprint density at radius 1 is 1.18 bits per heavy atom. The average Bonchev–Trinajstić information content (AvgIpc) is 3.13. The number of aromatic nitrogens is 2. The average molecular weight is 380 g/mol. The van der Waals surface area contributed by atoms with Crippen LogP contribution in [0.2, 0.25) is 0 Å². The van der Waals surface area contributed by atoms with Crippen LogP contribution >= 0.6 is 0 Å². The van der Waals surface area contributed by atoms with Crippen molar-refractivity contribution in [2.24, 2.45) is 0 Å². The van der Waals surface area contributed by atoms with Gasteiger partial charge in [0.25, 0.3) is 0 Å². The van der Waals surface area contributed by atoms with E-state index in [4.69, 9.17) is 4.74 Å². The molecule has 1 aliphatic rings. The number of carboxylic acids is 1. The van der Waals surface area contributed by atoms with E-state index in [0.29, 0.717) is 17.6 Å². The zero-order valence-corrected chi connectivity index (χ0v) is 15.9. The van der Waals surface area contributed by atoms with Crippen LogP contribution in [0.5, 0.6) is 5.75 Å². The minimum atomic E-state index is -0.964. The van der Waals surface area contributed by atoms with Crippen LogP contribution in [0.1, 0.15) is 10.4 Å². The molecule has 0 amide bonds. The van der Waals surface area contributed by atoms with E-state index in [0.717, 1.165) is 49.6 Å².